The summed E-state index contributed by atoms with van der Waals surface area (Å²) in [5, 5.41) is 13.0. The van der Waals surface area contributed by atoms with Crippen molar-refractivity contribution in [3.05, 3.63) is 35.7 Å². The second-order valence-corrected chi connectivity index (χ2v) is 7.05. The van der Waals surface area contributed by atoms with E-state index in [-0.39, 0.29) is 0 Å². The summed E-state index contributed by atoms with van der Waals surface area (Å²) in [6.07, 6.45) is 5.84. The minimum atomic E-state index is 0.351. The van der Waals surface area contributed by atoms with Crippen molar-refractivity contribution in [2.75, 3.05) is 32.6 Å². The number of aromatic nitrogens is 4. The Morgan fingerprint density at radius 2 is 2.19 bits per heavy atom. The SMILES string of the molecule is COc1cc(Cl)ccc1-c1nnc(N[C@@H]2CCCN(C)C2)n2cncc12. The molecule has 4 rings (SSSR count). The molecule has 0 aliphatic carbocycles. The summed E-state index contributed by atoms with van der Waals surface area (Å²) in [4.78, 5) is 6.62. The molecule has 1 aromatic carbocycles. The number of anilines is 1. The van der Waals surface area contributed by atoms with Crippen LogP contribution in [-0.2, 0) is 0 Å². The van der Waals surface area contributed by atoms with Crippen molar-refractivity contribution in [2.24, 2.45) is 0 Å². The van der Waals surface area contributed by atoms with Crippen molar-refractivity contribution >= 4 is 23.1 Å². The van der Waals surface area contributed by atoms with Crippen LogP contribution in [0.25, 0.3) is 16.8 Å². The van der Waals surface area contributed by atoms with Gasteiger partial charge in [-0.25, -0.2) is 4.98 Å². The highest BCUT2D eigenvalue weighted by Gasteiger charge is 2.20. The Morgan fingerprint density at radius 3 is 3.00 bits per heavy atom. The first-order valence-corrected chi connectivity index (χ1v) is 9.01. The molecule has 1 saturated heterocycles. The summed E-state index contributed by atoms with van der Waals surface area (Å²) in [6.45, 7) is 2.13. The number of hydrogen-bond acceptors (Lipinski definition) is 6. The fraction of sp³-hybridized carbons (Fsp3) is 0.389. The van der Waals surface area contributed by atoms with E-state index in [2.05, 4.69) is 32.4 Å². The maximum atomic E-state index is 6.08. The number of imidazole rings is 1. The summed E-state index contributed by atoms with van der Waals surface area (Å²) < 4.78 is 7.40. The van der Waals surface area contributed by atoms with E-state index >= 15 is 0 Å². The van der Waals surface area contributed by atoms with Crippen LogP contribution in [0.5, 0.6) is 5.75 Å². The van der Waals surface area contributed by atoms with Gasteiger partial charge in [-0.15, -0.1) is 10.2 Å². The van der Waals surface area contributed by atoms with Crippen LogP contribution in [0.2, 0.25) is 5.02 Å². The van der Waals surface area contributed by atoms with Gasteiger partial charge in [0, 0.05) is 23.2 Å². The van der Waals surface area contributed by atoms with Crippen molar-refractivity contribution in [2.45, 2.75) is 18.9 Å². The number of halogens is 1. The molecule has 0 radical (unpaired) electrons. The van der Waals surface area contributed by atoms with E-state index < -0.39 is 0 Å². The minimum Gasteiger partial charge on any atom is -0.496 e. The molecule has 1 fully saturated rings. The number of nitrogens with one attached hydrogen (secondary N) is 1. The largest absolute Gasteiger partial charge is 0.496 e. The molecule has 1 aliphatic heterocycles. The van der Waals surface area contributed by atoms with Gasteiger partial charge in [0.1, 0.15) is 17.8 Å². The van der Waals surface area contributed by atoms with E-state index in [0.717, 1.165) is 30.6 Å². The Labute approximate surface area is 157 Å². The number of methoxy groups -OCH3 is 1. The number of fused-ring (bicyclic) bond motifs is 1. The van der Waals surface area contributed by atoms with Gasteiger partial charge in [0.2, 0.25) is 5.95 Å². The van der Waals surface area contributed by atoms with Gasteiger partial charge in [0.15, 0.2) is 0 Å². The van der Waals surface area contributed by atoms with Crippen LogP contribution in [-0.4, -0.2) is 57.8 Å². The van der Waals surface area contributed by atoms with Crippen molar-refractivity contribution < 1.29 is 4.74 Å². The normalized spacial score (nSPS) is 18.2. The Kier molecular flexibility index (Phi) is 4.65. The average molecular weight is 373 g/mol. The monoisotopic (exact) mass is 372 g/mol. The molecule has 7 nitrogen and oxygen atoms in total. The van der Waals surface area contributed by atoms with E-state index in [9.17, 15) is 0 Å². The summed E-state index contributed by atoms with van der Waals surface area (Å²) >= 11 is 6.08. The number of benzene rings is 1. The van der Waals surface area contributed by atoms with Crippen LogP contribution >= 0.6 is 11.6 Å². The van der Waals surface area contributed by atoms with Gasteiger partial charge in [-0.1, -0.05) is 11.6 Å². The van der Waals surface area contributed by atoms with Crippen molar-refractivity contribution in [1.82, 2.24) is 24.5 Å². The van der Waals surface area contributed by atoms with Gasteiger partial charge in [0.25, 0.3) is 0 Å². The summed E-state index contributed by atoms with van der Waals surface area (Å²) in [7, 11) is 3.76. The van der Waals surface area contributed by atoms with Crippen molar-refractivity contribution in [3.63, 3.8) is 0 Å². The van der Waals surface area contributed by atoms with Crippen LogP contribution in [0.1, 0.15) is 12.8 Å². The van der Waals surface area contributed by atoms with Gasteiger partial charge >= 0.3 is 0 Å². The van der Waals surface area contributed by atoms with Crippen LogP contribution in [0.15, 0.2) is 30.7 Å². The summed E-state index contributed by atoms with van der Waals surface area (Å²) in [6, 6.07) is 5.83. The van der Waals surface area contributed by atoms with Crippen LogP contribution < -0.4 is 10.1 Å². The zero-order chi connectivity index (χ0) is 18.1. The van der Waals surface area contributed by atoms with E-state index in [1.807, 2.05) is 16.5 Å². The smallest absolute Gasteiger partial charge is 0.229 e. The molecule has 1 aliphatic rings. The molecule has 8 heteroatoms. The molecular formula is C18H21ClN6O. The number of hydrogen-bond donors (Lipinski definition) is 1. The third-order valence-electron chi connectivity index (χ3n) is 4.73. The molecular weight excluding hydrogens is 352 g/mol. The lowest BCUT2D eigenvalue weighted by Gasteiger charge is -2.30. The number of piperidine rings is 1. The zero-order valence-electron chi connectivity index (χ0n) is 14.8. The summed E-state index contributed by atoms with van der Waals surface area (Å²) in [5.41, 5.74) is 2.41. The second-order valence-electron chi connectivity index (χ2n) is 6.61. The van der Waals surface area contributed by atoms with Gasteiger partial charge in [0.05, 0.1) is 18.8 Å². The quantitative estimate of drug-likeness (QED) is 0.759. The minimum absolute atomic E-state index is 0.351. The maximum absolute atomic E-state index is 6.08. The van der Waals surface area contributed by atoms with E-state index in [1.54, 1.807) is 25.7 Å². The first-order chi connectivity index (χ1) is 12.7. The molecule has 3 heterocycles. The number of nitrogens with zero attached hydrogens (tertiary/aromatic N) is 5. The van der Waals surface area contributed by atoms with Gasteiger partial charge in [-0.2, -0.15) is 0 Å². The van der Waals surface area contributed by atoms with E-state index in [0.29, 0.717) is 28.5 Å². The Balaban J connectivity index is 1.72. The number of ether oxygens (including phenoxy) is 1. The first-order valence-electron chi connectivity index (χ1n) is 8.63. The van der Waals surface area contributed by atoms with Crippen molar-refractivity contribution in [3.8, 4) is 17.0 Å². The van der Waals surface area contributed by atoms with Crippen LogP contribution in [0.3, 0.4) is 0 Å². The lowest BCUT2D eigenvalue weighted by atomic mass is 10.1. The number of rotatable bonds is 4. The molecule has 26 heavy (non-hydrogen) atoms. The predicted molar refractivity (Wildman–Crippen MR) is 102 cm³/mol. The average Bonchev–Trinajstić information content (AvgIpc) is 3.12. The van der Waals surface area contributed by atoms with Gasteiger partial charge < -0.3 is 15.0 Å². The predicted octanol–water partition coefficient (Wildman–Crippen LogP) is 2.96. The molecule has 1 atom stereocenters. The molecule has 136 valence electrons. The molecule has 0 unspecified atom stereocenters. The Morgan fingerprint density at radius 1 is 1.31 bits per heavy atom. The van der Waals surface area contributed by atoms with Crippen LogP contribution in [0, 0.1) is 0 Å². The number of likely N-dealkylation sites (tertiary alicyclic amines) is 1. The topological polar surface area (TPSA) is 67.6 Å². The standard InChI is InChI=1S/C18H21ClN6O/c1-24-7-3-4-13(10-24)21-18-23-22-17(15-9-20-11-25(15)18)14-6-5-12(19)8-16(14)26-2/h5-6,8-9,11,13H,3-4,7,10H2,1-2H3,(H,21,23)/t13-/m1/s1. The molecule has 1 N–H and O–H groups in total. The highest BCUT2D eigenvalue weighted by Crippen LogP contribution is 2.33. The van der Waals surface area contributed by atoms with Gasteiger partial charge in [-0.3, -0.25) is 4.40 Å². The Hall–Kier alpha value is -2.38. The third kappa shape index (κ3) is 3.20. The Bertz CT molecular complexity index is 927. The maximum Gasteiger partial charge on any atom is 0.229 e. The first kappa shape index (κ1) is 17.1. The number of likely N-dealkylation sites (N-methyl/N-ethyl adjacent to an activating group) is 1. The third-order valence-corrected chi connectivity index (χ3v) is 4.97. The summed E-state index contributed by atoms with van der Waals surface area (Å²) in [5.74, 6) is 1.36. The molecule has 2 aromatic heterocycles. The van der Waals surface area contributed by atoms with Crippen LogP contribution in [0.4, 0.5) is 5.95 Å². The van der Waals surface area contributed by atoms with E-state index in [4.69, 9.17) is 16.3 Å². The lowest BCUT2D eigenvalue weighted by molar-refractivity contribution is 0.260. The molecule has 0 saturated carbocycles. The fourth-order valence-corrected chi connectivity index (χ4v) is 3.62. The zero-order valence-corrected chi connectivity index (χ0v) is 15.6. The molecule has 0 bridgehead atoms. The van der Waals surface area contributed by atoms with E-state index in [1.165, 1.54) is 6.42 Å². The molecule has 3 aromatic rings. The molecule has 0 spiro atoms. The highest BCUT2D eigenvalue weighted by atomic mass is 35.5. The van der Waals surface area contributed by atoms with Gasteiger partial charge in [-0.05, 0) is 44.6 Å². The lowest BCUT2D eigenvalue weighted by Crippen LogP contribution is -2.40. The highest BCUT2D eigenvalue weighted by molar-refractivity contribution is 6.30. The second kappa shape index (κ2) is 7.09. The molecule has 0 amide bonds. The van der Waals surface area contributed by atoms with Crippen molar-refractivity contribution in [1.29, 1.82) is 0 Å². The fourth-order valence-electron chi connectivity index (χ4n) is 3.45.